The number of carbonyl (C=O) groups is 3. The fourth-order valence-electron chi connectivity index (χ4n) is 2.19. The van der Waals surface area contributed by atoms with Gasteiger partial charge in [0.15, 0.2) is 0 Å². The van der Waals surface area contributed by atoms with Gasteiger partial charge in [-0.3, -0.25) is 19.8 Å². The number of nitrogens with two attached hydrogens (primary N) is 1. The van der Waals surface area contributed by atoms with Crippen molar-refractivity contribution in [1.29, 1.82) is 0 Å². The van der Waals surface area contributed by atoms with Gasteiger partial charge < -0.3 is 15.8 Å². The van der Waals surface area contributed by atoms with Gasteiger partial charge in [-0.25, -0.2) is 4.79 Å². The van der Waals surface area contributed by atoms with Gasteiger partial charge in [0.1, 0.15) is 0 Å². The van der Waals surface area contributed by atoms with Crippen LogP contribution in [0.2, 0.25) is 0 Å². The number of piperidine rings is 1. The van der Waals surface area contributed by atoms with Crippen LogP contribution >= 0.6 is 0 Å². The first-order chi connectivity index (χ1) is 9.52. The second-order valence-electron chi connectivity index (χ2n) is 4.62. The predicted octanol–water partition coefficient (Wildman–Crippen LogP) is -1.20. The van der Waals surface area contributed by atoms with Gasteiger partial charge in [-0.1, -0.05) is 0 Å². The molecule has 8 nitrogen and oxygen atoms in total. The van der Waals surface area contributed by atoms with Crippen LogP contribution < -0.4 is 16.4 Å². The van der Waals surface area contributed by atoms with Crippen LogP contribution in [0.5, 0.6) is 0 Å². The Morgan fingerprint density at radius 3 is 2.50 bits per heavy atom. The Labute approximate surface area is 118 Å². The molecular formula is C12H22N4O4. The molecule has 0 aromatic heterocycles. The van der Waals surface area contributed by atoms with Gasteiger partial charge in [0, 0.05) is 6.04 Å². The fraction of sp³-hybridized carbons (Fsp3) is 0.750. The van der Waals surface area contributed by atoms with Crippen LogP contribution in [0.15, 0.2) is 0 Å². The molecule has 8 heteroatoms. The number of hydrogen-bond acceptors (Lipinski definition) is 6. The first kappa shape index (κ1) is 16.4. The van der Waals surface area contributed by atoms with Crippen LogP contribution in [-0.4, -0.2) is 61.6 Å². The summed E-state index contributed by atoms with van der Waals surface area (Å²) < 4.78 is 4.63. The average Bonchev–Trinajstić information content (AvgIpc) is 2.38. The molecule has 1 aliphatic rings. The van der Waals surface area contributed by atoms with Crippen LogP contribution in [0.1, 0.15) is 19.8 Å². The number of ether oxygens (including phenoxy) is 1. The number of hydrogen-bond donors (Lipinski definition) is 3. The van der Waals surface area contributed by atoms with Gasteiger partial charge in [-0.15, -0.1) is 0 Å². The van der Waals surface area contributed by atoms with Crippen molar-refractivity contribution < 1.29 is 19.1 Å². The molecule has 1 heterocycles. The number of nitrogens with zero attached hydrogens (tertiary/aromatic N) is 1. The summed E-state index contributed by atoms with van der Waals surface area (Å²) in [6.45, 7) is 3.46. The Kier molecular flexibility index (Phi) is 6.96. The van der Waals surface area contributed by atoms with Gasteiger partial charge >= 0.3 is 6.09 Å². The van der Waals surface area contributed by atoms with Crippen molar-refractivity contribution >= 4 is 17.9 Å². The smallest absolute Gasteiger partial charge is 0.413 e. The minimum atomic E-state index is -0.776. The first-order valence-corrected chi connectivity index (χ1v) is 6.72. The third kappa shape index (κ3) is 5.98. The second kappa shape index (κ2) is 8.49. The summed E-state index contributed by atoms with van der Waals surface area (Å²) in [4.78, 5) is 35.7. The van der Waals surface area contributed by atoms with Gasteiger partial charge in [0.25, 0.3) is 0 Å². The molecular weight excluding hydrogens is 264 g/mol. The molecule has 20 heavy (non-hydrogen) atoms. The molecule has 0 bridgehead atoms. The number of amides is 3. The molecule has 0 aromatic rings. The first-order valence-electron chi connectivity index (χ1n) is 6.72. The minimum absolute atomic E-state index is 0.000905. The molecule has 3 amide bonds. The lowest BCUT2D eigenvalue weighted by atomic mass is 10.0. The van der Waals surface area contributed by atoms with Crippen LogP contribution in [0.4, 0.5) is 4.79 Å². The third-order valence-electron chi connectivity index (χ3n) is 3.05. The molecule has 114 valence electrons. The number of nitrogens with one attached hydrogen (secondary N) is 2. The molecule has 0 unspecified atom stereocenters. The van der Waals surface area contributed by atoms with E-state index < -0.39 is 17.9 Å². The normalized spacial score (nSPS) is 15.9. The maximum Gasteiger partial charge on any atom is 0.413 e. The Morgan fingerprint density at radius 2 is 1.95 bits per heavy atom. The predicted molar refractivity (Wildman–Crippen MR) is 71.8 cm³/mol. The Balaban J connectivity index is 2.52. The zero-order valence-corrected chi connectivity index (χ0v) is 11.7. The minimum Gasteiger partial charge on any atom is -0.450 e. The van der Waals surface area contributed by atoms with Crippen molar-refractivity contribution in [3.63, 3.8) is 0 Å². The van der Waals surface area contributed by atoms with E-state index in [1.807, 2.05) is 0 Å². The van der Waals surface area contributed by atoms with E-state index in [4.69, 9.17) is 5.73 Å². The summed E-state index contributed by atoms with van der Waals surface area (Å²) >= 11 is 0. The lowest BCUT2D eigenvalue weighted by Crippen LogP contribution is -2.50. The van der Waals surface area contributed by atoms with Crippen molar-refractivity contribution in [3.05, 3.63) is 0 Å². The molecule has 0 radical (unpaired) electrons. The third-order valence-corrected chi connectivity index (χ3v) is 3.05. The number of carbonyl (C=O) groups excluding carboxylic acids is 3. The summed E-state index contributed by atoms with van der Waals surface area (Å²) in [5.74, 6) is -0.990. The number of primary amides is 1. The maximum atomic E-state index is 11.7. The molecule has 0 spiro atoms. The standard InChI is InChI=1S/C12H22N4O4/c1-2-20-12(19)15-11(18)8-16(7-10(13)17)9-3-5-14-6-4-9/h9,14H,2-8H2,1H3,(H2,13,17)(H,15,18,19). The summed E-state index contributed by atoms with van der Waals surface area (Å²) in [5, 5.41) is 5.32. The quantitative estimate of drug-likeness (QED) is 0.565. The van der Waals surface area contributed by atoms with Crippen LogP contribution in [0.25, 0.3) is 0 Å². The van der Waals surface area contributed by atoms with Gasteiger partial charge in [0.2, 0.25) is 11.8 Å². The molecule has 4 N–H and O–H groups in total. The zero-order valence-electron chi connectivity index (χ0n) is 11.7. The van der Waals surface area contributed by atoms with Gasteiger partial charge in [0.05, 0.1) is 19.7 Å². The highest BCUT2D eigenvalue weighted by atomic mass is 16.5. The molecule has 1 fully saturated rings. The summed E-state index contributed by atoms with van der Waals surface area (Å²) in [7, 11) is 0. The van der Waals surface area contributed by atoms with Crippen molar-refractivity contribution in [2.24, 2.45) is 5.73 Å². The monoisotopic (exact) mass is 286 g/mol. The van der Waals surface area contributed by atoms with E-state index in [2.05, 4.69) is 15.4 Å². The van der Waals surface area contributed by atoms with Gasteiger partial charge in [-0.05, 0) is 32.9 Å². The van der Waals surface area contributed by atoms with E-state index in [0.29, 0.717) is 0 Å². The van der Waals surface area contributed by atoms with E-state index in [-0.39, 0.29) is 25.7 Å². The molecule has 1 aliphatic heterocycles. The number of rotatable bonds is 6. The van der Waals surface area contributed by atoms with Crippen molar-refractivity contribution in [1.82, 2.24) is 15.5 Å². The largest absolute Gasteiger partial charge is 0.450 e. The van der Waals surface area contributed by atoms with E-state index in [0.717, 1.165) is 25.9 Å². The molecule has 0 saturated carbocycles. The summed E-state index contributed by atoms with van der Waals surface area (Å²) in [5.41, 5.74) is 5.21. The van der Waals surface area contributed by atoms with Crippen molar-refractivity contribution in [2.45, 2.75) is 25.8 Å². The summed E-state index contributed by atoms with van der Waals surface area (Å²) in [6.07, 6.45) is 0.891. The van der Waals surface area contributed by atoms with Crippen LogP contribution in [0.3, 0.4) is 0 Å². The lowest BCUT2D eigenvalue weighted by molar-refractivity contribution is -0.124. The molecule has 0 aliphatic carbocycles. The highest BCUT2D eigenvalue weighted by Crippen LogP contribution is 2.11. The lowest BCUT2D eigenvalue weighted by Gasteiger charge is -2.33. The van der Waals surface area contributed by atoms with E-state index in [1.54, 1.807) is 11.8 Å². The average molecular weight is 286 g/mol. The zero-order chi connectivity index (χ0) is 15.0. The highest BCUT2D eigenvalue weighted by molar-refractivity contribution is 5.93. The molecule has 0 atom stereocenters. The Morgan fingerprint density at radius 1 is 1.30 bits per heavy atom. The van der Waals surface area contributed by atoms with E-state index >= 15 is 0 Å². The molecule has 1 saturated heterocycles. The van der Waals surface area contributed by atoms with E-state index in [9.17, 15) is 14.4 Å². The second-order valence-corrected chi connectivity index (χ2v) is 4.62. The topological polar surface area (TPSA) is 114 Å². The SMILES string of the molecule is CCOC(=O)NC(=O)CN(CC(N)=O)C1CCNCC1. The summed E-state index contributed by atoms with van der Waals surface area (Å²) in [6, 6.07) is 0.108. The maximum absolute atomic E-state index is 11.7. The Bertz CT molecular complexity index is 355. The highest BCUT2D eigenvalue weighted by Gasteiger charge is 2.24. The van der Waals surface area contributed by atoms with Gasteiger partial charge in [-0.2, -0.15) is 0 Å². The number of imide groups is 1. The Hall–Kier alpha value is -1.67. The van der Waals surface area contributed by atoms with E-state index in [1.165, 1.54) is 0 Å². The molecule has 1 rings (SSSR count). The molecule has 0 aromatic carbocycles. The van der Waals surface area contributed by atoms with Crippen LogP contribution in [0, 0.1) is 0 Å². The number of alkyl carbamates (subject to hydrolysis) is 1. The van der Waals surface area contributed by atoms with Crippen molar-refractivity contribution in [3.8, 4) is 0 Å². The fourth-order valence-corrected chi connectivity index (χ4v) is 2.19. The van der Waals surface area contributed by atoms with Crippen LogP contribution in [-0.2, 0) is 14.3 Å². The van der Waals surface area contributed by atoms with Crippen molar-refractivity contribution in [2.75, 3.05) is 32.8 Å².